The predicted octanol–water partition coefficient (Wildman–Crippen LogP) is 4.23. The Bertz CT molecular complexity index is 1360. The number of nitrogen functional groups attached to an aromatic ring is 1. The summed E-state index contributed by atoms with van der Waals surface area (Å²) in [5.41, 5.74) is 9.79. The van der Waals surface area contributed by atoms with Gasteiger partial charge in [-0.15, -0.1) is 0 Å². The van der Waals surface area contributed by atoms with Crippen molar-refractivity contribution in [1.29, 1.82) is 0 Å². The van der Waals surface area contributed by atoms with Crippen molar-refractivity contribution >= 4 is 22.4 Å². The first-order chi connectivity index (χ1) is 14.2. The van der Waals surface area contributed by atoms with Crippen molar-refractivity contribution in [2.75, 3.05) is 12.8 Å². The molecule has 4 heterocycles. The number of ether oxygens (including phenoxy) is 2. The molecule has 144 valence electrons. The highest BCUT2D eigenvalue weighted by atomic mass is 16.5. The maximum Gasteiger partial charge on any atom is 0.230 e. The monoisotopic (exact) mass is 387 g/mol. The van der Waals surface area contributed by atoms with E-state index in [1.54, 1.807) is 31.8 Å². The van der Waals surface area contributed by atoms with Crippen molar-refractivity contribution in [2.45, 2.75) is 6.92 Å². The van der Waals surface area contributed by atoms with Gasteiger partial charge in [0.2, 0.25) is 5.88 Å². The highest BCUT2D eigenvalue weighted by molar-refractivity contribution is 5.82. The zero-order valence-corrected chi connectivity index (χ0v) is 15.8. The number of methoxy groups -OCH3 is 1. The molecule has 0 aliphatic rings. The van der Waals surface area contributed by atoms with Crippen LogP contribution in [-0.4, -0.2) is 26.5 Å². The first-order valence-electron chi connectivity index (χ1n) is 8.93. The molecule has 0 fully saturated rings. The van der Waals surface area contributed by atoms with Crippen LogP contribution in [0, 0.1) is 6.92 Å². The highest BCUT2D eigenvalue weighted by Gasteiger charge is 2.17. The summed E-state index contributed by atoms with van der Waals surface area (Å²) in [7, 11) is 1.61. The zero-order chi connectivity index (χ0) is 20.0. The number of aryl methyl sites for hydroxylation is 1. The van der Waals surface area contributed by atoms with Crippen molar-refractivity contribution in [1.82, 2.24) is 19.4 Å². The zero-order valence-electron chi connectivity index (χ0n) is 15.8. The molecule has 2 N–H and O–H groups in total. The second kappa shape index (κ2) is 6.52. The Morgan fingerprint density at radius 3 is 2.86 bits per heavy atom. The predicted molar refractivity (Wildman–Crippen MR) is 108 cm³/mol. The van der Waals surface area contributed by atoms with Crippen molar-refractivity contribution in [3.8, 4) is 28.6 Å². The molecule has 4 aromatic heterocycles. The minimum Gasteiger partial charge on any atom is -0.496 e. The number of rotatable bonds is 4. The van der Waals surface area contributed by atoms with Gasteiger partial charge in [0.1, 0.15) is 17.1 Å². The maximum atomic E-state index is 6.01. The summed E-state index contributed by atoms with van der Waals surface area (Å²) >= 11 is 0. The molecule has 5 aromatic rings. The van der Waals surface area contributed by atoms with E-state index in [0.29, 0.717) is 34.4 Å². The van der Waals surface area contributed by atoms with Gasteiger partial charge in [-0.3, -0.25) is 4.40 Å². The van der Waals surface area contributed by atoms with E-state index in [1.165, 1.54) is 0 Å². The molecule has 0 bridgehead atoms. The van der Waals surface area contributed by atoms with Crippen LogP contribution in [0.25, 0.3) is 27.9 Å². The third-order valence-electron chi connectivity index (χ3n) is 4.73. The van der Waals surface area contributed by atoms with E-state index in [9.17, 15) is 0 Å². The van der Waals surface area contributed by atoms with Gasteiger partial charge in [-0.05, 0) is 31.2 Å². The van der Waals surface area contributed by atoms with Gasteiger partial charge in [0.15, 0.2) is 11.5 Å². The fourth-order valence-electron chi connectivity index (χ4n) is 3.45. The molecule has 8 nitrogen and oxygen atoms in total. The molecule has 0 aliphatic carbocycles. The van der Waals surface area contributed by atoms with Crippen molar-refractivity contribution in [3.63, 3.8) is 0 Å². The first kappa shape index (κ1) is 17.1. The fourth-order valence-corrected chi connectivity index (χ4v) is 3.45. The number of pyridine rings is 1. The Hall–Kier alpha value is -4.07. The number of nitrogens with two attached hydrogens (primary N) is 1. The van der Waals surface area contributed by atoms with Crippen molar-refractivity contribution < 1.29 is 13.9 Å². The van der Waals surface area contributed by atoms with Crippen LogP contribution in [0.5, 0.6) is 17.4 Å². The number of fused-ring (bicyclic) bond motifs is 2. The molecule has 0 amide bonds. The molecule has 29 heavy (non-hydrogen) atoms. The molecule has 8 heteroatoms. The maximum absolute atomic E-state index is 6.01. The summed E-state index contributed by atoms with van der Waals surface area (Å²) < 4.78 is 19.0. The van der Waals surface area contributed by atoms with Gasteiger partial charge in [0, 0.05) is 30.2 Å². The molecule has 0 saturated carbocycles. The number of hydrogen-bond donors (Lipinski definition) is 1. The van der Waals surface area contributed by atoms with E-state index in [-0.39, 0.29) is 0 Å². The number of anilines is 1. The van der Waals surface area contributed by atoms with Crippen LogP contribution in [0.4, 0.5) is 5.82 Å². The summed E-state index contributed by atoms with van der Waals surface area (Å²) in [4.78, 5) is 13.0. The van der Waals surface area contributed by atoms with Gasteiger partial charge in [0.25, 0.3) is 0 Å². The van der Waals surface area contributed by atoms with Crippen LogP contribution in [0.3, 0.4) is 0 Å². The fraction of sp³-hybridized carbons (Fsp3) is 0.0952. The van der Waals surface area contributed by atoms with E-state index in [0.717, 1.165) is 22.3 Å². The average molecular weight is 387 g/mol. The summed E-state index contributed by atoms with van der Waals surface area (Å²) in [5, 5.41) is 0.800. The Morgan fingerprint density at radius 2 is 2.00 bits per heavy atom. The third kappa shape index (κ3) is 2.73. The lowest BCUT2D eigenvalue weighted by Gasteiger charge is -2.15. The number of imidazole rings is 1. The van der Waals surface area contributed by atoms with Gasteiger partial charge in [-0.25, -0.2) is 15.0 Å². The number of nitrogens with zero attached hydrogens (tertiary/aromatic N) is 4. The average Bonchev–Trinajstić information content (AvgIpc) is 3.39. The lowest BCUT2D eigenvalue weighted by atomic mass is 10.1. The van der Waals surface area contributed by atoms with E-state index in [2.05, 4.69) is 15.0 Å². The number of furan rings is 1. The lowest BCUT2D eigenvalue weighted by molar-refractivity contribution is 0.409. The molecule has 0 radical (unpaired) electrons. The third-order valence-corrected chi connectivity index (χ3v) is 4.73. The Labute approximate surface area is 165 Å². The van der Waals surface area contributed by atoms with Crippen LogP contribution in [0.15, 0.2) is 59.6 Å². The van der Waals surface area contributed by atoms with Crippen LogP contribution in [0.2, 0.25) is 0 Å². The Balaban J connectivity index is 1.61. The van der Waals surface area contributed by atoms with Gasteiger partial charge in [0.05, 0.1) is 30.1 Å². The molecule has 0 spiro atoms. The number of benzene rings is 1. The molecular weight excluding hydrogens is 370 g/mol. The quantitative estimate of drug-likeness (QED) is 0.492. The van der Waals surface area contributed by atoms with Gasteiger partial charge in [-0.2, -0.15) is 0 Å². The molecule has 0 aliphatic heterocycles. The van der Waals surface area contributed by atoms with Crippen LogP contribution < -0.4 is 15.2 Å². The van der Waals surface area contributed by atoms with Gasteiger partial charge >= 0.3 is 0 Å². The van der Waals surface area contributed by atoms with Crippen LogP contribution in [-0.2, 0) is 0 Å². The van der Waals surface area contributed by atoms with E-state index >= 15 is 0 Å². The summed E-state index contributed by atoms with van der Waals surface area (Å²) in [6.45, 7) is 1.90. The molecule has 1 aromatic carbocycles. The number of hydrogen-bond acceptors (Lipinski definition) is 7. The normalized spacial score (nSPS) is 11.2. The lowest BCUT2D eigenvalue weighted by Crippen LogP contribution is -2.04. The number of aromatic nitrogens is 4. The SMILES string of the molecule is COc1cc(Oc2nccc3occc23)ccc1-c1c(C)nc(N)c2nccn12. The smallest absolute Gasteiger partial charge is 0.230 e. The van der Waals surface area contributed by atoms with Crippen LogP contribution in [0.1, 0.15) is 5.69 Å². The second-order valence-electron chi connectivity index (χ2n) is 6.46. The molecule has 0 atom stereocenters. The van der Waals surface area contributed by atoms with E-state index < -0.39 is 0 Å². The largest absolute Gasteiger partial charge is 0.496 e. The van der Waals surface area contributed by atoms with Crippen molar-refractivity contribution in [3.05, 3.63) is 60.9 Å². The minimum absolute atomic E-state index is 0.384. The minimum atomic E-state index is 0.384. The Morgan fingerprint density at radius 1 is 1.10 bits per heavy atom. The highest BCUT2D eigenvalue weighted by Crippen LogP contribution is 2.37. The molecular formula is C21H17N5O3. The second-order valence-corrected chi connectivity index (χ2v) is 6.46. The van der Waals surface area contributed by atoms with Gasteiger partial charge in [-0.1, -0.05) is 0 Å². The molecule has 0 saturated heterocycles. The summed E-state index contributed by atoms with van der Waals surface area (Å²) in [6, 6.07) is 9.20. The van der Waals surface area contributed by atoms with Gasteiger partial charge < -0.3 is 19.6 Å². The summed E-state index contributed by atoms with van der Waals surface area (Å²) in [6.07, 6.45) is 6.79. The van der Waals surface area contributed by atoms with E-state index in [1.807, 2.05) is 41.8 Å². The summed E-state index contributed by atoms with van der Waals surface area (Å²) in [5.74, 6) is 2.07. The molecule has 0 unspecified atom stereocenters. The standard InChI is InChI=1S/C21H17N5O3/c1-12-18(26-9-8-23-20(26)19(22)25-12)14-4-3-13(11-17(14)27-2)29-21-15-6-10-28-16(15)5-7-24-21/h3-11H,1-2H3,(H2,22,25). The van der Waals surface area contributed by atoms with E-state index in [4.69, 9.17) is 19.6 Å². The Kier molecular flexibility index (Phi) is 3.83. The van der Waals surface area contributed by atoms with Crippen LogP contribution >= 0.6 is 0 Å². The van der Waals surface area contributed by atoms with Crippen molar-refractivity contribution in [2.24, 2.45) is 0 Å². The topological polar surface area (TPSA) is 101 Å². The molecule has 5 rings (SSSR count). The first-order valence-corrected chi connectivity index (χ1v) is 8.93.